The molecule has 7 nitrogen and oxygen atoms in total. The van der Waals surface area contributed by atoms with Gasteiger partial charge in [0.15, 0.2) is 0 Å². The first-order valence-electron chi connectivity index (χ1n) is 8.05. The maximum atomic E-state index is 11.4. The fourth-order valence-electron chi connectivity index (χ4n) is 2.64. The number of pyridine rings is 1. The van der Waals surface area contributed by atoms with Crippen molar-refractivity contribution in [1.29, 1.82) is 0 Å². The number of ether oxygens (including phenoxy) is 1. The third kappa shape index (κ3) is 5.66. The Labute approximate surface area is 141 Å². The molecule has 1 saturated heterocycles. The maximum absolute atomic E-state index is 11.4. The maximum Gasteiger partial charge on any atom is 0.321 e. The molecule has 0 spiro atoms. The lowest BCUT2D eigenvalue weighted by molar-refractivity contribution is -0.117. The number of carbonyl (C=O) groups excluding carboxylic acids is 2. The van der Waals surface area contributed by atoms with Crippen LogP contribution in [-0.2, 0) is 9.53 Å². The number of hydrogen-bond donors (Lipinski definition) is 3. The molecule has 0 aromatic carbocycles. The minimum Gasteiger partial charge on any atom is -0.499 e. The number of rotatable bonds is 5. The Bertz CT molecular complexity index is 610. The molecule has 1 aromatic heterocycles. The Morgan fingerprint density at radius 3 is 2.83 bits per heavy atom. The number of carbonyl (C=O) groups is 2. The van der Waals surface area contributed by atoms with Gasteiger partial charge >= 0.3 is 6.03 Å². The molecule has 1 fully saturated rings. The number of aromatic nitrogens is 1. The van der Waals surface area contributed by atoms with Crippen molar-refractivity contribution in [3.05, 3.63) is 35.3 Å². The predicted octanol–water partition coefficient (Wildman–Crippen LogP) is 1.38. The Hall–Kier alpha value is -2.41. The summed E-state index contributed by atoms with van der Waals surface area (Å²) in [7, 11) is 1.55. The molecule has 3 amide bonds. The van der Waals surface area contributed by atoms with Crippen molar-refractivity contribution in [2.75, 3.05) is 26.7 Å². The zero-order chi connectivity index (χ0) is 17.4. The largest absolute Gasteiger partial charge is 0.499 e. The number of piperidine rings is 1. The first-order chi connectivity index (χ1) is 11.6. The van der Waals surface area contributed by atoms with Crippen LogP contribution in [0.25, 0.3) is 6.08 Å². The van der Waals surface area contributed by atoms with Crippen LogP contribution in [0.1, 0.15) is 36.9 Å². The van der Waals surface area contributed by atoms with Crippen LogP contribution in [0.15, 0.2) is 24.1 Å². The van der Waals surface area contributed by atoms with Crippen molar-refractivity contribution in [3.8, 4) is 0 Å². The Kier molecular flexibility index (Phi) is 6.74. The van der Waals surface area contributed by atoms with E-state index in [2.05, 4.69) is 27.0 Å². The van der Waals surface area contributed by atoms with Gasteiger partial charge in [-0.3, -0.25) is 15.1 Å². The van der Waals surface area contributed by atoms with E-state index < -0.39 is 11.9 Å². The smallest absolute Gasteiger partial charge is 0.321 e. The number of nitrogens with one attached hydrogen (secondary N) is 3. The summed E-state index contributed by atoms with van der Waals surface area (Å²) in [5.74, 6) is 0.664. The number of amides is 3. The highest BCUT2D eigenvalue weighted by atomic mass is 16.5. The zero-order valence-corrected chi connectivity index (χ0v) is 14.1. The molecule has 0 atom stereocenters. The molecular weight excluding hydrogens is 308 g/mol. The highest BCUT2D eigenvalue weighted by Crippen LogP contribution is 2.24. The van der Waals surface area contributed by atoms with Gasteiger partial charge in [-0.1, -0.05) is 0 Å². The number of methoxy groups -OCH3 is 1. The van der Waals surface area contributed by atoms with Crippen LogP contribution in [-0.4, -0.2) is 43.7 Å². The summed E-state index contributed by atoms with van der Waals surface area (Å²) in [6, 6.07) is 3.42. The molecule has 1 aliphatic rings. The molecule has 2 heterocycles. The van der Waals surface area contributed by atoms with Crippen LogP contribution in [0.5, 0.6) is 0 Å². The molecule has 0 aliphatic carbocycles. The van der Waals surface area contributed by atoms with Gasteiger partial charge in [0.05, 0.1) is 13.7 Å². The van der Waals surface area contributed by atoms with E-state index in [1.165, 1.54) is 6.92 Å². The summed E-state index contributed by atoms with van der Waals surface area (Å²) in [4.78, 5) is 26.8. The van der Waals surface area contributed by atoms with Crippen LogP contribution in [0, 0.1) is 0 Å². The summed E-state index contributed by atoms with van der Waals surface area (Å²) >= 11 is 0. The van der Waals surface area contributed by atoms with E-state index in [9.17, 15) is 9.59 Å². The highest BCUT2D eigenvalue weighted by Gasteiger charge is 2.16. The monoisotopic (exact) mass is 332 g/mol. The second kappa shape index (κ2) is 9.02. The summed E-state index contributed by atoms with van der Waals surface area (Å²) in [5, 5.41) is 8.08. The summed E-state index contributed by atoms with van der Waals surface area (Å²) in [5.41, 5.74) is 2.06. The molecule has 0 bridgehead atoms. The fraction of sp³-hybridized carbons (Fsp3) is 0.471. The van der Waals surface area contributed by atoms with Crippen molar-refractivity contribution >= 4 is 18.0 Å². The average molecular weight is 332 g/mol. The minimum atomic E-state index is -0.546. The van der Waals surface area contributed by atoms with E-state index in [-0.39, 0.29) is 6.54 Å². The van der Waals surface area contributed by atoms with Crippen LogP contribution >= 0.6 is 0 Å². The third-order valence-corrected chi connectivity index (χ3v) is 3.87. The van der Waals surface area contributed by atoms with E-state index in [0.717, 1.165) is 37.2 Å². The standard InChI is InChI=1S/C17H24N4O3/c1-12(22)21-17(23)20-11-15(24-2)9-13-3-8-19-16(10-13)14-4-6-18-7-5-14/h3,8-10,14,18H,4-7,11H2,1-2H3,(H2,20,21,22,23)/b15-9-. The lowest BCUT2D eigenvalue weighted by Gasteiger charge is -2.22. The van der Waals surface area contributed by atoms with Crippen molar-refractivity contribution in [2.45, 2.75) is 25.7 Å². The quantitative estimate of drug-likeness (QED) is 0.709. The van der Waals surface area contributed by atoms with Gasteiger partial charge in [0.1, 0.15) is 5.76 Å². The molecule has 2 rings (SSSR count). The SMILES string of the molecule is CO/C(=C\c1ccnc(C2CCNCC2)c1)CNC(=O)NC(C)=O. The van der Waals surface area contributed by atoms with E-state index in [1.54, 1.807) is 13.3 Å². The molecule has 7 heteroatoms. The third-order valence-electron chi connectivity index (χ3n) is 3.87. The van der Waals surface area contributed by atoms with E-state index in [4.69, 9.17) is 4.74 Å². The van der Waals surface area contributed by atoms with E-state index in [0.29, 0.717) is 11.7 Å². The number of hydrogen-bond acceptors (Lipinski definition) is 5. The van der Waals surface area contributed by atoms with Crippen LogP contribution in [0.2, 0.25) is 0 Å². The Balaban J connectivity index is 2.01. The molecule has 1 aliphatic heterocycles. The van der Waals surface area contributed by atoms with E-state index >= 15 is 0 Å². The molecule has 0 unspecified atom stereocenters. The molecule has 3 N–H and O–H groups in total. The molecule has 130 valence electrons. The Morgan fingerprint density at radius 2 is 2.17 bits per heavy atom. The second-order valence-corrected chi connectivity index (χ2v) is 5.72. The Morgan fingerprint density at radius 1 is 1.42 bits per heavy atom. The van der Waals surface area contributed by atoms with Gasteiger partial charge in [0.25, 0.3) is 0 Å². The van der Waals surface area contributed by atoms with Crippen molar-refractivity contribution in [3.63, 3.8) is 0 Å². The van der Waals surface area contributed by atoms with Gasteiger partial charge in [0, 0.05) is 24.7 Å². The highest BCUT2D eigenvalue weighted by molar-refractivity contribution is 5.93. The lowest BCUT2D eigenvalue weighted by atomic mass is 9.93. The van der Waals surface area contributed by atoms with E-state index in [1.807, 2.05) is 12.1 Å². The number of imide groups is 1. The first kappa shape index (κ1) is 17.9. The average Bonchev–Trinajstić information content (AvgIpc) is 2.59. The molecular formula is C17H24N4O3. The molecule has 24 heavy (non-hydrogen) atoms. The molecule has 0 saturated carbocycles. The van der Waals surface area contributed by atoms with Crippen LogP contribution in [0.3, 0.4) is 0 Å². The fourth-order valence-corrected chi connectivity index (χ4v) is 2.64. The zero-order valence-electron chi connectivity index (χ0n) is 14.1. The lowest BCUT2D eigenvalue weighted by Crippen LogP contribution is -2.39. The predicted molar refractivity (Wildman–Crippen MR) is 91.3 cm³/mol. The molecule has 0 radical (unpaired) electrons. The normalized spacial score (nSPS) is 15.7. The summed E-state index contributed by atoms with van der Waals surface area (Å²) < 4.78 is 5.30. The van der Waals surface area contributed by atoms with Gasteiger partial charge in [-0.25, -0.2) is 4.79 Å². The van der Waals surface area contributed by atoms with Gasteiger partial charge in [-0.05, 0) is 49.7 Å². The number of nitrogens with zero attached hydrogens (tertiary/aromatic N) is 1. The van der Waals surface area contributed by atoms with Crippen molar-refractivity contribution in [1.82, 2.24) is 20.9 Å². The molecule has 1 aromatic rings. The van der Waals surface area contributed by atoms with Gasteiger partial charge in [0.2, 0.25) is 5.91 Å². The summed E-state index contributed by atoms with van der Waals surface area (Å²) in [6.07, 6.45) is 5.83. The van der Waals surface area contributed by atoms with Gasteiger partial charge in [-0.2, -0.15) is 0 Å². The van der Waals surface area contributed by atoms with Crippen molar-refractivity contribution < 1.29 is 14.3 Å². The summed E-state index contributed by atoms with van der Waals surface area (Å²) in [6.45, 7) is 3.52. The topological polar surface area (TPSA) is 92.3 Å². The van der Waals surface area contributed by atoms with Crippen molar-refractivity contribution in [2.24, 2.45) is 0 Å². The minimum absolute atomic E-state index is 0.195. The van der Waals surface area contributed by atoms with Gasteiger partial charge in [-0.15, -0.1) is 0 Å². The first-order valence-corrected chi connectivity index (χ1v) is 8.05. The van der Waals surface area contributed by atoms with Crippen LogP contribution in [0.4, 0.5) is 4.79 Å². The number of urea groups is 1. The van der Waals surface area contributed by atoms with Gasteiger partial charge < -0.3 is 15.4 Å². The second-order valence-electron chi connectivity index (χ2n) is 5.72. The van der Waals surface area contributed by atoms with Crippen LogP contribution < -0.4 is 16.0 Å².